The van der Waals surface area contributed by atoms with Gasteiger partial charge in [0.1, 0.15) is 0 Å². The Morgan fingerprint density at radius 2 is 1.89 bits per heavy atom. The van der Waals surface area contributed by atoms with E-state index in [0.717, 1.165) is 30.2 Å². The fourth-order valence-electron chi connectivity index (χ4n) is 3.06. The van der Waals surface area contributed by atoms with Crippen molar-refractivity contribution in [1.29, 1.82) is 0 Å². The molecule has 0 radical (unpaired) electrons. The number of benzene rings is 1. The van der Waals surface area contributed by atoms with Crippen LogP contribution in [0.5, 0.6) is 0 Å². The lowest BCUT2D eigenvalue weighted by atomic mass is 10.0. The number of amides is 1. The Bertz CT molecular complexity index is 421. The Kier molecular flexibility index (Phi) is 3.08. The number of nitrogens with one attached hydrogen (secondary N) is 1. The minimum atomic E-state index is -0.605. The van der Waals surface area contributed by atoms with Crippen LogP contribution in [0, 0.1) is 17.8 Å². The molecule has 3 unspecified atom stereocenters. The number of aliphatic hydroxyl groups is 1. The standard InChI is InChI=1S/C15H19NO2/c17-14(10-4-2-1-3-5-10)9-16-15(18)13-7-11-6-12(11)8-13/h1-5,11-14,17H,6-9H2,(H,16,18). The second-order valence-electron chi connectivity index (χ2n) is 5.60. The van der Waals surface area contributed by atoms with Crippen LogP contribution in [0.2, 0.25) is 0 Å². The number of hydrogen-bond donors (Lipinski definition) is 2. The van der Waals surface area contributed by atoms with Gasteiger partial charge in [-0.3, -0.25) is 4.79 Å². The first-order chi connectivity index (χ1) is 8.74. The van der Waals surface area contributed by atoms with Gasteiger partial charge in [0.2, 0.25) is 5.91 Å². The van der Waals surface area contributed by atoms with Gasteiger partial charge >= 0.3 is 0 Å². The Morgan fingerprint density at radius 3 is 2.56 bits per heavy atom. The molecule has 3 atom stereocenters. The molecule has 18 heavy (non-hydrogen) atoms. The van der Waals surface area contributed by atoms with E-state index in [9.17, 15) is 9.90 Å². The van der Waals surface area contributed by atoms with Crippen LogP contribution >= 0.6 is 0 Å². The number of aliphatic hydroxyl groups excluding tert-OH is 1. The van der Waals surface area contributed by atoms with Gasteiger partial charge in [0, 0.05) is 12.5 Å². The van der Waals surface area contributed by atoms with Gasteiger partial charge in [0.25, 0.3) is 0 Å². The Balaban J connectivity index is 1.47. The summed E-state index contributed by atoms with van der Waals surface area (Å²) < 4.78 is 0. The van der Waals surface area contributed by atoms with Crippen molar-refractivity contribution < 1.29 is 9.90 Å². The first-order valence-electron chi connectivity index (χ1n) is 6.74. The third kappa shape index (κ3) is 2.41. The van der Waals surface area contributed by atoms with Crippen LogP contribution in [-0.4, -0.2) is 17.6 Å². The lowest BCUT2D eigenvalue weighted by molar-refractivity contribution is -0.125. The third-order valence-electron chi connectivity index (χ3n) is 4.27. The van der Waals surface area contributed by atoms with Crippen LogP contribution in [-0.2, 0) is 4.79 Å². The molecule has 2 fully saturated rings. The monoisotopic (exact) mass is 245 g/mol. The lowest BCUT2D eigenvalue weighted by Gasteiger charge is -2.15. The van der Waals surface area contributed by atoms with E-state index in [4.69, 9.17) is 0 Å². The van der Waals surface area contributed by atoms with Crippen LogP contribution < -0.4 is 5.32 Å². The smallest absolute Gasteiger partial charge is 0.223 e. The lowest BCUT2D eigenvalue weighted by Crippen LogP contribution is -2.33. The Morgan fingerprint density at radius 1 is 1.22 bits per heavy atom. The normalized spacial score (nSPS) is 30.6. The minimum Gasteiger partial charge on any atom is -0.387 e. The summed E-state index contributed by atoms with van der Waals surface area (Å²) in [7, 11) is 0. The molecule has 0 spiro atoms. The molecular formula is C15H19NO2. The van der Waals surface area contributed by atoms with Gasteiger partial charge in [-0.2, -0.15) is 0 Å². The van der Waals surface area contributed by atoms with Crippen molar-refractivity contribution in [2.45, 2.75) is 25.4 Å². The first-order valence-corrected chi connectivity index (χ1v) is 6.74. The summed E-state index contributed by atoms with van der Waals surface area (Å²) in [5, 5.41) is 12.8. The van der Waals surface area contributed by atoms with Crippen LogP contribution in [0.4, 0.5) is 0 Å². The molecule has 0 saturated heterocycles. The Labute approximate surface area is 107 Å². The molecule has 2 N–H and O–H groups in total. The first kappa shape index (κ1) is 11.7. The summed E-state index contributed by atoms with van der Waals surface area (Å²) in [4.78, 5) is 11.9. The van der Waals surface area contributed by atoms with Crippen LogP contribution in [0.1, 0.15) is 30.9 Å². The van der Waals surface area contributed by atoms with E-state index in [2.05, 4.69) is 5.32 Å². The van der Waals surface area contributed by atoms with E-state index < -0.39 is 6.10 Å². The zero-order chi connectivity index (χ0) is 12.5. The van der Waals surface area contributed by atoms with Crippen molar-refractivity contribution in [1.82, 2.24) is 5.32 Å². The highest BCUT2D eigenvalue weighted by molar-refractivity contribution is 5.79. The van der Waals surface area contributed by atoms with E-state index in [-0.39, 0.29) is 11.8 Å². The average molecular weight is 245 g/mol. The van der Waals surface area contributed by atoms with E-state index in [1.165, 1.54) is 6.42 Å². The maximum atomic E-state index is 11.9. The van der Waals surface area contributed by atoms with Crippen molar-refractivity contribution in [2.24, 2.45) is 17.8 Å². The number of carbonyl (C=O) groups is 1. The molecule has 1 amide bonds. The fraction of sp³-hybridized carbons (Fsp3) is 0.533. The van der Waals surface area contributed by atoms with Crippen molar-refractivity contribution in [3.63, 3.8) is 0 Å². The predicted molar refractivity (Wildman–Crippen MR) is 68.7 cm³/mol. The molecule has 1 aromatic carbocycles. The second kappa shape index (κ2) is 4.73. The second-order valence-corrected chi connectivity index (χ2v) is 5.60. The zero-order valence-corrected chi connectivity index (χ0v) is 10.4. The molecule has 96 valence electrons. The molecule has 2 aliphatic carbocycles. The summed E-state index contributed by atoms with van der Waals surface area (Å²) in [5.41, 5.74) is 0.854. The summed E-state index contributed by atoms with van der Waals surface area (Å²) in [6.07, 6.45) is 2.83. The van der Waals surface area contributed by atoms with Gasteiger partial charge in [-0.05, 0) is 36.7 Å². The largest absolute Gasteiger partial charge is 0.387 e. The molecule has 3 nitrogen and oxygen atoms in total. The maximum Gasteiger partial charge on any atom is 0.223 e. The topological polar surface area (TPSA) is 49.3 Å². The summed E-state index contributed by atoms with van der Waals surface area (Å²) in [6, 6.07) is 9.46. The number of rotatable bonds is 4. The highest BCUT2D eigenvalue weighted by Crippen LogP contribution is 2.54. The molecule has 2 aliphatic rings. The van der Waals surface area contributed by atoms with Crippen LogP contribution in [0.25, 0.3) is 0 Å². The molecule has 3 heteroatoms. The van der Waals surface area contributed by atoms with Crippen molar-refractivity contribution in [3.05, 3.63) is 35.9 Å². The fourth-order valence-corrected chi connectivity index (χ4v) is 3.06. The molecule has 0 bridgehead atoms. The molecule has 3 rings (SSSR count). The van der Waals surface area contributed by atoms with E-state index in [1.807, 2.05) is 30.3 Å². The molecule has 2 saturated carbocycles. The predicted octanol–water partition coefficient (Wildman–Crippen LogP) is 1.88. The SMILES string of the molecule is O=C(NCC(O)c1ccccc1)C1CC2CC2C1. The number of carbonyl (C=O) groups excluding carboxylic acids is 1. The van der Waals surface area contributed by atoms with E-state index in [0.29, 0.717) is 6.54 Å². The maximum absolute atomic E-state index is 11.9. The van der Waals surface area contributed by atoms with Gasteiger partial charge in [0.05, 0.1) is 6.10 Å². The minimum absolute atomic E-state index is 0.122. The summed E-state index contributed by atoms with van der Waals surface area (Å²) in [6.45, 7) is 0.314. The summed E-state index contributed by atoms with van der Waals surface area (Å²) in [5.74, 6) is 1.95. The quantitative estimate of drug-likeness (QED) is 0.851. The van der Waals surface area contributed by atoms with E-state index in [1.54, 1.807) is 0 Å². The van der Waals surface area contributed by atoms with Crippen LogP contribution in [0.15, 0.2) is 30.3 Å². The Hall–Kier alpha value is -1.35. The molecule has 0 aromatic heterocycles. The van der Waals surface area contributed by atoms with Crippen LogP contribution in [0.3, 0.4) is 0 Å². The zero-order valence-electron chi connectivity index (χ0n) is 10.4. The van der Waals surface area contributed by atoms with Crippen molar-refractivity contribution in [3.8, 4) is 0 Å². The third-order valence-corrected chi connectivity index (χ3v) is 4.27. The van der Waals surface area contributed by atoms with Gasteiger partial charge in [0.15, 0.2) is 0 Å². The van der Waals surface area contributed by atoms with Gasteiger partial charge in [-0.15, -0.1) is 0 Å². The number of fused-ring (bicyclic) bond motifs is 1. The highest BCUT2D eigenvalue weighted by atomic mass is 16.3. The molecule has 0 heterocycles. The van der Waals surface area contributed by atoms with Gasteiger partial charge in [-0.1, -0.05) is 30.3 Å². The average Bonchev–Trinajstić information content (AvgIpc) is 3.03. The molecule has 0 aliphatic heterocycles. The summed E-state index contributed by atoms with van der Waals surface area (Å²) >= 11 is 0. The van der Waals surface area contributed by atoms with Gasteiger partial charge in [-0.25, -0.2) is 0 Å². The van der Waals surface area contributed by atoms with Crippen molar-refractivity contribution in [2.75, 3.05) is 6.54 Å². The van der Waals surface area contributed by atoms with Crippen molar-refractivity contribution >= 4 is 5.91 Å². The van der Waals surface area contributed by atoms with E-state index >= 15 is 0 Å². The number of hydrogen-bond acceptors (Lipinski definition) is 2. The molecular weight excluding hydrogens is 226 g/mol. The van der Waals surface area contributed by atoms with Gasteiger partial charge < -0.3 is 10.4 Å². The molecule has 1 aromatic rings. The highest BCUT2D eigenvalue weighted by Gasteiger charge is 2.47.